The Morgan fingerprint density at radius 2 is 1.61 bits per heavy atom. The largest absolute Gasteiger partial charge is 0.393 e. The smallest absolute Gasteiger partial charge is 0.241 e. The number of aryl methyl sites for hydroxylation is 1. The number of nitrogens with one attached hydrogen (secondary N) is 1. The van der Waals surface area contributed by atoms with Gasteiger partial charge in [0.2, 0.25) is 19.9 Å². The average Bonchev–Trinajstić information content (AvgIpc) is 2.80. The van der Waals surface area contributed by atoms with Crippen LogP contribution in [0.4, 0.5) is 0 Å². The topological polar surface area (TPSA) is 101 Å². The Kier molecular flexibility index (Phi) is 5.71. The SMILES string of the molecule is Cc1cc2c(cc1S(=O)(=O)NC1CCC(O)CC1)S(=O)(=O)c1ccccc1C21CCCCC1. The highest BCUT2D eigenvalue weighted by molar-refractivity contribution is 7.92. The number of aliphatic hydroxyl groups is 1. The molecule has 0 atom stereocenters. The summed E-state index contributed by atoms with van der Waals surface area (Å²) in [4.78, 5) is 0.468. The maximum Gasteiger partial charge on any atom is 0.241 e. The molecule has 2 N–H and O–H groups in total. The third-order valence-electron chi connectivity index (χ3n) is 7.79. The van der Waals surface area contributed by atoms with E-state index in [1.807, 2.05) is 18.2 Å². The molecule has 0 amide bonds. The molecule has 2 saturated carbocycles. The number of rotatable bonds is 3. The van der Waals surface area contributed by atoms with Crippen molar-refractivity contribution in [3.63, 3.8) is 0 Å². The molecule has 3 aliphatic rings. The van der Waals surface area contributed by atoms with Gasteiger partial charge in [-0.05, 0) is 74.3 Å². The lowest BCUT2D eigenvalue weighted by atomic mass is 9.65. The Morgan fingerprint density at radius 3 is 2.30 bits per heavy atom. The Hall–Kier alpha value is -1.74. The molecule has 0 radical (unpaired) electrons. The normalized spacial score (nSPS) is 25.9. The van der Waals surface area contributed by atoms with Crippen LogP contribution in [0.1, 0.15) is 74.5 Å². The predicted molar refractivity (Wildman–Crippen MR) is 126 cm³/mol. The molecular weight excluding hydrogens is 458 g/mol. The zero-order chi connectivity index (χ0) is 23.4. The predicted octanol–water partition coefficient (Wildman–Crippen LogP) is 3.97. The summed E-state index contributed by atoms with van der Waals surface area (Å²) in [6, 6.07) is 10.2. The molecule has 2 aromatic rings. The van der Waals surface area contributed by atoms with Gasteiger partial charge in [0.25, 0.3) is 0 Å². The summed E-state index contributed by atoms with van der Waals surface area (Å²) in [5.41, 5.74) is 1.77. The van der Waals surface area contributed by atoms with Crippen LogP contribution in [0.15, 0.2) is 51.1 Å². The maximum absolute atomic E-state index is 13.7. The van der Waals surface area contributed by atoms with Crippen LogP contribution >= 0.6 is 0 Å². The quantitative estimate of drug-likeness (QED) is 0.679. The number of fused-ring (bicyclic) bond motifs is 4. The molecule has 6 nitrogen and oxygen atoms in total. The standard InChI is InChI=1S/C25H31NO5S2/c1-17-15-21-24(16-23(17)33(30,31)26-18-9-11-19(27)12-10-18)32(28,29)22-8-4-3-7-20(22)25(21)13-5-2-6-14-25/h3-4,7-8,15-16,18-19,26-27H,2,5-6,9-14H2,1H3. The van der Waals surface area contributed by atoms with Gasteiger partial charge in [0.1, 0.15) is 0 Å². The number of hydrogen-bond donors (Lipinski definition) is 2. The van der Waals surface area contributed by atoms with Crippen LogP contribution in [-0.2, 0) is 25.3 Å². The number of aliphatic hydroxyl groups excluding tert-OH is 1. The van der Waals surface area contributed by atoms with E-state index in [4.69, 9.17) is 0 Å². The molecule has 2 fully saturated rings. The molecular formula is C25H31NO5S2. The minimum absolute atomic E-state index is 0.0290. The zero-order valence-electron chi connectivity index (χ0n) is 18.9. The Balaban J connectivity index is 1.64. The van der Waals surface area contributed by atoms with Gasteiger partial charge >= 0.3 is 0 Å². The summed E-state index contributed by atoms with van der Waals surface area (Å²) in [5, 5.41) is 9.73. The van der Waals surface area contributed by atoms with Gasteiger partial charge in [-0.3, -0.25) is 0 Å². The van der Waals surface area contributed by atoms with E-state index in [1.54, 1.807) is 19.1 Å². The maximum atomic E-state index is 13.7. The van der Waals surface area contributed by atoms with Crippen molar-refractivity contribution in [3.05, 3.63) is 53.1 Å². The summed E-state index contributed by atoms with van der Waals surface area (Å²) in [7, 11) is -7.75. The van der Waals surface area contributed by atoms with Gasteiger partial charge in [-0.25, -0.2) is 21.6 Å². The van der Waals surface area contributed by atoms with E-state index >= 15 is 0 Å². The molecule has 0 unspecified atom stereocenters. The van der Waals surface area contributed by atoms with E-state index in [0.29, 0.717) is 36.1 Å². The molecule has 1 spiro atoms. The van der Waals surface area contributed by atoms with Crippen molar-refractivity contribution in [1.82, 2.24) is 4.72 Å². The van der Waals surface area contributed by atoms with E-state index in [2.05, 4.69) is 4.72 Å². The van der Waals surface area contributed by atoms with Gasteiger partial charge in [0.15, 0.2) is 0 Å². The van der Waals surface area contributed by atoms with Gasteiger partial charge < -0.3 is 5.11 Å². The van der Waals surface area contributed by atoms with Crippen LogP contribution in [-0.4, -0.2) is 34.1 Å². The van der Waals surface area contributed by atoms with Crippen molar-refractivity contribution in [2.75, 3.05) is 0 Å². The van der Waals surface area contributed by atoms with Crippen LogP contribution in [0.2, 0.25) is 0 Å². The number of hydrogen-bond acceptors (Lipinski definition) is 5. The van der Waals surface area contributed by atoms with E-state index in [-0.39, 0.29) is 21.9 Å². The van der Waals surface area contributed by atoms with E-state index < -0.39 is 25.3 Å². The average molecular weight is 490 g/mol. The van der Waals surface area contributed by atoms with Crippen molar-refractivity contribution in [2.45, 2.75) is 97.0 Å². The first kappa shape index (κ1) is 23.0. The second-order valence-corrected chi connectivity index (χ2v) is 13.5. The minimum Gasteiger partial charge on any atom is -0.393 e. The van der Waals surface area contributed by atoms with Crippen LogP contribution in [0.5, 0.6) is 0 Å². The lowest BCUT2D eigenvalue weighted by molar-refractivity contribution is 0.120. The summed E-state index contributed by atoms with van der Waals surface area (Å²) < 4.78 is 56.8. The fraction of sp³-hybridized carbons (Fsp3) is 0.520. The highest BCUT2D eigenvalue weighted by Gasteiger charge is 2.47. The molecule has 5 rings (SSSR count). The van der Waals surface area contributed by atoms with Gasteiger partial charge in [-0.15, -0.1) is 0 Å². The molecule has 1 heterocycles. The number of benzene rings is 2. The highest BCUT2D eigenvalue weighted by atomic mass is 32.2. The van der Waals surface area contributed by atoms with Crippen molar-refractivity contribution in [1.29, 1.82) is 0 Å². The molecule has 33 heavy (non-hydrogen) atoms. The third kappa shape index (κ3) is 3.75. The molecule has 2 aliphatic carbocycles. The Labute approximate surface area is 196 Å². The second-order valence-electron chi connectivity index (χ2n) is 9.88. The molecule has 178 valence electrons. The van der Waals surface area contributed by atoms with Crippen LogP contribution in [0.3, 0.4) is 0 Å². The lowest BCUT2D eigenvalue weighted by Crippen LogP contribution is -2.40. The van der Waals surface area contributed by atoms with Crippen molar-refractivity contribution in [2.24, 2.45) is 0 Å². The second kappa shape index (κ2) is 8.18. The fourth-order valence-corrected chi connectivity index (χ4v) is 9.58. The van der Waals surface area contributed by atoms with Crippen molar-refractivity contribution < 1.29 is 21.9 Å². The number of sulfonamides is 1. The van der Waals surface area contributed by atoms with Gasteiger partial charge in [-0.2, -0.15) is 0 Å². The summed E-state index contributed by atoms with van der Waals surface area (Å²) >= 11 is 0. The third-order valence-corrected chi connectivity index (χ3v) is 11.3. The van der Waals surface area contributed by atoms with Gasteiger partial charge in [0, 0.05) is 11.5 Å². The summed E-state index contributed by atoms with van der Waals surface area (Å²) in [5.74, 6) is 0. The van der Waals surface area contributed by atoms with E-state index in [1.165, 1.54) is 6.07 Å². The highest BCUT2D eigenvalue weighted by Crippen LogP contribution is 2.53. The molecule has 0 bridgehead atoms. The number of sulfone groups is 1. The molecule has 0 saturated heterocycles. The first-order valence-corrected chi connectivity index (χ1v) is 14.8. The van der Waals surface area contributed by atoms with Crippen LogP contribution in [0.25, 0.3) is 0 Å². The molecule has 0 aromatic heterocycles. The minimum atomic E-state index is -3.91. The zero-order valence-corrected chi connectivity index (χ0v) is 20.5. The monoisotopic (exact) mass is 489 g/mol. The van der Waals surface area contributed by atoms with Crippen molar-refractivity contribution in [3.8, 4) is 0 Å². The molecule has 8 heteroatoms. The summed E-state index contributed by atoms with van der Waals surface area (Å²) in [6.45, 7) is 1.75. The fourth-order valence-electron chi connectivity index (χ4n) is 6.09. The first-order chi connectivity index (χ1) is 15.6. The lowest BCUT2D eigenvalue weighted by Gasteiger charge is -2.43. The first-order valence-electron chi connectivity index (χ1n) is 11.9. The van der Waals surface area contributed by atoms with E-state index in [0.717, 1.165) is 43.2 Å². The Bertz CT molecular complexity index is 1290. The van der Waals surface area contributed by atoms with Gasteiger partial charge in [0.05, 0.1) is 20.8 Å². The summed E-state index contributed by atoms with van der Waals surface area (Å²) in [6.07, 6.45) is 6.75. The van der Waals surface area contributed by atoms with E-state index in [9.17, 15) is 21.9 Å². The van der Waals surface area contributed by atoms with Crippen molar-refractivity contribution >= 4 is 19.9 Å². The molecule has 1 aliphatic heterocycles. The van der Waals surface area contributed by atoms with Crippen LogP contribution < -0.4 is 4.72 Å². The van der Waals surface area contributed by atoms with Gasteiger partial charge in [-0.1, -0.05) is 43.5 Å². The molecule has 2 aromatic carbocycles. The van der Waals surface area contributed by atoms with Crippen LogP contribution in [0, 0.1) is 6.92 Å². The Morgan fingerprint density at radius 1 is 0.939 bits per heavy atom.